The van der Waals surface area contributed by atoms with Gasteiger partial charge in [0, 0.05) is 4.88 Å². The van der Waals surface area contributed by atoms with Crippen LogP contribution in [0, 0.1) is 0 Å². The quantitative estimate of drug-likeness (QED) is 0.628. The van der Waals surface area contributed by atoms with Crippen molar-refractivity contribution in [1.82, 2.24) is 0 Å². The van der Waals surface area contributed by atoms with Gasteiger partial charge in [0.1, 0.15) is 0 Å². The molecule has 2 aromatic rings. The number of thiophene rings is 1. The van der Waals surface area contributed by atoms with Gasteiger partial charge in [-0.05, 0) is 53.8 Å². The van der Waals surface area contributed by atoms with Crippen molar-refractivity contribution in [1.29, 1.82) is 0 Å². The molecule has 0 spiro atoms. The number of aryl methyl sites for hydroxylation is 4. The first-order valence-corrected chi connectivity index (χ1v) is 6.43. The predicted molar refractivity (Wildman–Crippen MR) is 65.6 cm³/mol. The van der Waals surface area contributed by atoms with Gasteiger partial charge < -0.3 is 0 Å². The Labute approximate surface area is 94.6 Å². The van der Waals surface area contributed by atoms with Crippen molar-refractivity contribution in [3.05, 3.63) is 57.3 Å². The van der Waals surface area contributed by atoms with E-state index in [0.717, 1.165) is 0 Å². The summed E-state index contributed by atoms with van der Waals surface area (Å²) in [5.41, 5.74) is 4.56. The van der Waals surface area contributed by atoms with Crippen LogP contribution in [0.2, 0.25) is 0 Å². The Morgan fingerprint density at radius 2 is 1.67 bits per heavy atom. The van der Waals surface area contributed by atoms with E-state index in [9.17, 15) is 0 Å². The molecule has 0 N–H and O–H groups in total. The molecule has 0 atom stereocenters. The van der Waals surface area contributed by atoms with Gasteiger partial charge in [0.05, 0.1) is 0 Å². The van der Waals surface area contributed by atoms with Crippen LogP contribution in [0.15, 0.2) is 35.7 Å². The molecule has 0 nitrogen and oxygen atoms in total. The van der Waals surface area contributed by atoms with Crippen molar-refractivity contribution < 1.29 is 0 Å². The molecule has 1 aliphatic carbocycles. The summed E-state index contributed by atoms with van der Waals surface area (Å²) in [6, 6.07) is 11.4. The van der Waals surface area contributed by atoms with Crippen molar-refractivity contribution in [2.75, 3.05) is 0 Å². The van der Waals surface area contributed by atoms with Gasteiger partial charge in [-0.1, -0.05) is 24.3 Å². The summed E-state index contributed by atoms with van der Waals surface area (Å²) in [5, 5.41) is 2.24. The van der Waals surface area contributed by atoms with Crippen molar-refractivity contribution in [2.45, 2.75) is 25.7 Å². The van der Waals surface area contributed by atoms with Gasteiger partial charge in [-0.15, -0.1) is 11.3 Å². The average molecular weight is 214 g/mol. The first kappa shape index (κ1) is 9.17. The van der Waals surface area contributed by atoms with Crippen LogP contribution in [-0.4, -0.2) is 0 Å². The third-order valence-corrected chi connectivity index (χ3v) is 4.18. The Morgan fingerprint density at radius 1 is 0.867 bits per heavy atom. The predicted octanol–water partition coefficient (Wildman–Crippen LogP) is 3.63. The Kier molecular flexibility index (Phi) is 2.34. The second-order valence-electron chi connectivity index (χ2n) is 4.19. The number of fused-ring (bicyclic) bond motifs is 3. The fourth-order valence-corrected chi connectivity index (χ4v) is 3.22. The van der Waals surface area contributed by atoms with Gasteiger partial charge in [-0.3, -0.25) is 0 Å². The lowest BCUT2D eigenvalue weighted by Gasteiger charge is -2.01. The highest BCUT2D eigenvalue weighted by atomic mass is 32.1. The molecule has 1 aromatic heterocycles. The minimum absolute atomic E-state index is 1.19. The molecule has 1 aromatic carbocycles. The molecule has 1 aliphatic rings. The highest BCUT2D eigenvalue weighted by Gasteiger charge is 2.08. The maximum absolute atomic E-state index is 2.37. The minimum atomic E-state index is 1.19. The molecule has 1 heterocycles. The second kappa shape index (κ2) is 3.82. The van der Waals surface area contributed by atoms with Crippen molar-refractivity contribution in [3.8, 4) is 0 Å². The second-order valence-corrected chi connectivity index (χ2v) is 5.19. The Hall–Kier alpha value is -1.08. The summed E-state index contributed by atoms with van der Waals surface area (Å²) in [6.07, 6.45) is 4.82. The molecular formula is C14H14S. The standard InChI is InChI=1S/C14H14S/c1-2-11-4-6-13-8-9-15-14(13)7-5-12(3-1)10-11/h1-3,8-10H,4-7H2. The van der Waals surface area contributed by atoms with Gasteiger partial charge in [-0.25, -0.2) is 0 Å². The molecule has 0 radical (unpaired) electrons. The van der Waals surface area contributed by atoms with Crippen LogP contribution < -0.4 is 0 Å². The lowest BCUT2D eigenvalue weighted by Crippen LogP contribution is -1.91. The van der Waals surface area contributed by atoms with Crippen LogP contribution in [0.4, 0.5) is 0 Å². The fourth-order valence-electron chi connectivity index (χ4n) is 2.29. The number of hydrogen-bond acceptors (Lipinski definition) is 1. The molecule has 2 bridgehead atoms. The van der Waals surface area contributed by atoms with Gasteiger partial charge >= 0.3 is 0 Å². The summed E-state index contributed by atoms with van der Waals surface area (Å²) in [5.74, 6) is 0. The molecule has 0 saturated carbocycles. The van der Waals surface area contributed by atoms with Crippen LogP contribution in [0.25, 0.3) is 0 Å². The van der Waals surface area contributed by atoms with Crippen molar-refractivity contribution in [2.24, 2.45) is 0 Å². The Balaban J connectivity index is 1.99. The highest BCUT2D eigenvalue weighted by molar-refractivity contribution is 7.10. The van der Waals surface area contributed by atoms with Gasteiger partial charge in [0.2, 0.25) is 0 Å². The molecule has 0 saturated heterocycles. The number of rotatable bonds is 0. The highest BCUT2D eigenvalue weighted by Crippen LogP contribution is 2.23. The first-order valence-electron chi connectivity index (χ1n) is 5.55. The zero-order chi connectivity index (χ0) is 10.1. The van der Waals surface area contributed by atoms with Crippen molar-refractivity contribution >= 4 is 11.3 Å². The van der Waals surface area contributed by atoms with E-state index in [1.165, 1.54) is 36.8 Å². The van der Waals surface area contributed by atoms with E-state index in [1.807, 2.05) is 11.3 Å². The zero-order valence-corrected chi connectivity index (χ0v) is 9.52. The third-order valence-electron chi connectivity index (χ3n) is 3.15. The van der Waals surface area contributed by atoms with E-state index < -0.39 is 0 Å². The normalized spacial score (nSPS) is 14.9. The summed E-state index contributed by atoms with van der Waals surface area (Å²) in [4.78, 5) is 1.59. The van der Waals surface area contributed by atoms with E-state index in [-0.39, 0.29) is 0 Å². The van der Waals surface area contributed by atoms with E-state index in [0.29, 0.717) is 0 Å². The molecular weight excluding hydrogens is 200 g/mol. The van der Waals surface area contributed by atoms with E-state index >= 15 is 0 Å². The average Bonchev–Trinajstić information content (AvgIpc) is 2.71. The fraction of sp³-hybridized carbons (Fsp3) is 0.286. The monoisotopic (exact) mass is 214 g/mol. The maximum Gasteiger partial charge on any atom is 0.00806 e. The van der Waals surface area contributed by atoms with E-state index in [1.54, 1.807) is 10.4 Å². The van der Waals surface area contributed by atoms with Crippen molar-refractivity contribution in [3.63, 3.8) is 0 Å². The lowest BCUT2D eigenvalue weighted by atomic mass is 10.0. The Bertz CT molecular complexity index is 430. The maximum atomic E-state index is 2.37. The number of hydrogen-bond donors (Lipinski definition) is 0. The third kappa shape index (κ3) is 1.84. The molecule has 3 rings (SSSR count). The van der Waals surface area contributed by atoms with Crippen LogP contribution in [0.3, 0.4) is 0 Å². The Morgan fingerprint density at radius 3 is 2.53 bits per heavy atom. The molecule has 0 unspecified atom stereocenters. The number of benzene rings is 1. The first-order chi connectivity index (χ1) is 7.42. The molecule has 0 fully saturated rings. The molecule has 76 valence electrons. The van der Waals surface area contributed by atoms with E-state index in [4.69, 9.17) is 0 Å². The molecule has 0 amide bonds. The molecule has 15 heavy (non-hydrogen) atoms. The SMILES string of the molecule is c1cc2cc(c1)CCc1sccc1CC2. The summed E-state index contributed by atoms with van der Waals surface area (Å²) >= 11 is 1.92. The van der Waals surface area contributed by atoms with Crippen LogP contribution in [-0.2, 0) is 25.7 Å². The van der Waals surface area contributed by atoms with Crippen LogP contribution in [0.5, 0.6) is 0 Å². The van der Waals surface area contributed by atoms with Gasteiger partial charge in [0.15, 0.2) is 0 Å². The summed E-state index contributed by atoms with van der Waals surface area (Å²) in [6.45, 7) is 0. The largest absolute Gasteiger partial charge is 0.149 e. The smallest absolute Gasteiger partial charge is 0.00806 e. The zero-order valence-electron chi connectivity index (χ0n) is 8.70. The molecule has 1 heteroatoms. The van der Waals surface area contributed by atoms with Crippen LogP contribution in [0.1, 0.15) is 21.6 Å². The summed E-state index contributed by atoms with van der Waals surface area (Å²) in [7, 11) is 0. The van der Waals surface area contributed by atoms with Gasteiger partial charge in [0.25, 0.3) is 0 Å². The van der Waals surface area contributed by atoms with Gasteiger partial charge in [-0.2, -0.15) is 0 Å². The summed E-state index contributed by atoms with van der Waals surface area (Å²) < 4.78 is 0. The lowest BCUT2D eigenvalue weighted by molar-refractivity contribution is 0.941. The molecule has 0 aliphatic heterocycles. The van der Waals surface area contributed by atoms with Crippen LogP contribution >= 0.6 is 11.3 Å². The topological polar surface area (TPSA) is 0 Å². The minimum Gasteiger partial charge on any atom is -0.149 e. The van der Waals surface area contributed by atoms with E-state index in [2.05, 4.69) is 35.7 Å².